The highest BCUT2D eigenvalue weighted by molar-refractivity contribution is 5.97. The van der Waals surface area contributed by atoms with Gasteiger partial charge in [-0.3, -0.25) is 4.79 Å². The van der Waals surface area contributed by atoms with Gasteiger partial charge in [0.05, 0.1) is 25.1 Å². The second-order valence-electron chi connectivity index (χ2n) is 7.75. The quantitative estimate of drug-likeness (QED) is 0.861. The maximum atomic E-state index is 12.7. The van der Waals surface area contributed by atoms with Gasteiger partial charge in [0.2, 0.25) is 5.91 Å². The van der Waals surface area contributed by atoms with Gasteiger partial charge in [-0.25, -0.2) is 9.97 Å². The minimum atomic E-state index is 0.221. The smallest absolute Gasteiger partial charge is 0.230 e. The van der Waals surface area contributed by atoms with Crippen LogP contribution in [-0.4, -0.2) is 48.7 Å². The summed E-state index contributed by atoms with van der Waals surface area (Å²) in [5.41, 5.74) is 2.01. The molecule has 28 heavy (non-hydrogen) atoms. The maximum absolute atomic E-state index is 12.7. The van der Waals surface area contributed by atoms with Crippen molar-refractivity contribution >= 4 is 28.9 Å². The van der Waals surface area contributed by atoms with Crippen LogP contribution >= 0.6 is 0 Å². The number of hydrogen-bond acceptors (Lipinski definition) is 6. The lowest BCUT2D eigenvalue weighted by atomic mass is 10.0. The summed E-state index contributed by atoms with van der Waals surface area (Å²) in [7, 11) is 0. The Morgan fingerprint density at radius 3 is 2.57 bits per heavy atom. The molecule has 0 spiro atoms. The van der Waals surface area contributed by atoms with Crippen LogP contribution in [0.15, 0.2) is 36.7 Å². The molecule has 2 aromatic heterocycles. The molecule has 0 radical (unpaired) electrons. The van der Waals surface area contributed by atoms with Crippen LogP contribution in [0.2, 0.25) is 0 Å². The van der Waals surface area contributed by atoms with Gasteiger partial charge < -0.3 is 19.9 Å². The van der Waals surface area contributed by atoms with Crippen molar-refractivity contribution in [2.75, 3.05) is 48.0 Å². The number of ether oxygens (including phenoxy) is 1. The van der Waals surface area contributed by atoms with E-state index in [1.54, 1.807) is 6.20 Å². The maximum Gasteiger partial charge on any atom is 0.230 e. The summed E-state index contributed by atoms with van der Waals surface area (Å²) in [5.74, 6) is 2.55. The number of carbonyl (C=O) groups excluding carboxylic acids is 1. The third kappa shape index (κ3) is 3.54. The van der Waals surface area contributed by atoms with Crippen molar-refractivity contribution in [3.8, 4) is 0 Å². The van der Waals surface area contributed by atoms with Crippen LogP contribution in [0.3, 0.4) is 0 Å². The van der Waals surface area contributed by atoms with Crippen LogP contribution in [0.1, 0.15) is 19.3 Å². The van der Waals surface area contributed by atoms with Crippen molar-refractivity contribution in [3.05, 3.63) is 36.7 Å². The first kappa shape index (κ1) is 17.4. The summed E-state index contributed by atoms with van der Waals surface area (Å²) < 4.78 is 5.40. The average Bonchev–Trinajstić information content (AvgIpc) is 3.51. The van der Waals surface area contributed by atoms with Crippen LogP contribution in [0, 0.1) is 11.8 Å². The number of carbonyl (C=O) groups is 1. The molecular formula is C21H25N5O2. The number of morpholine rings is 1. The molecule has 2 saturated heterocycles. The molecule has 3 fully saturated rings. The van der Waals surface area contributed by atoms with Gasteiger partial charge in [-0.15, -0.1) is 0 Å². The molecule has 1 amide bonds. The molecule has 7 nitrogen and oxygen atoms in total. The predicted octanol–water partition coefficient (Wildman–Crippen LogP) is 2.82. The zero-order valence-corrected chi connectivity index (χ0v) is 15.9. The van der Waals surface area contributed by atoms with Crippen molar-refractivity contribution < 1.29 is 9.53 Å². The van der Waals surface area contributed by atoms with Crippen molar-refractivity contribution in [2.45, 2.75) is 19.3 Å². The van der Waals surface area contributed by atoms with Crippen molar-refractivity contribution in [3.63, 3.8) is 0 Å². The normalized spacial score (nSPS) is 22.6. The standard InChI is InChI=1S/C21H25N5O2/c27-21-18(15-1-2-15)6-8-26(21)16-5-7-22-20(13-16)24-19-4-3-17(14-23-19)25-9-11-28-12-10-25/h3-5,7,13-15,18H,1-2,6,8-12H2,(H,22,23,24). The third-order valence-electron chi connectivity index (χ3n) is 5.87. The van der Waals surface area contributed by atoms with Gasteiger partial charge in [-0.05, 0) is 43.4 Å². The molecule has 0 bridgehead atoms. The van der Waals surface area contributed by atoms with Gasteiger partial charge in [0.1, 0.15) is 11.6 Å². The number of anilines is 4. The molecule has 1 N–H and O–H groups in total. The van der Waals surface area contributed by atoms with Crippen molar-refractivity contribution in [1.29, 1.82) is 0 Å². The van der Waals surface area contributed by atoms with E-state index in [0.29, 0.717) is 11.7 Å². The molecule has 1 atom stereocenters. The Kier molecular flexibility index (Phi) is 4.60. The van der Waals surface area contributed by atoms with E-state index < -0.39 is 0 Å². The number of nitrogens with zero attached hydrogens (tertiary/aromatic N) is 4. The lowest BCUT2D eigenvalue weighted by Gasteiger charge is -2.28. The van der Waals surface area contributed by atoms with Crippen molar-refractivity contribution in [1.82, 2.24) is 9.97 Å². The third-order valence-corrected chi connectivity index (χ3v) is 5.87. The summed E-state index contributed by atoms with van der Waals surface area (Å²) in [5, 5.41) is 3.26. The lowest BCUT2D eigenvalue weighted by Crippen LogP contribution is -2.36. The van der Waals surface area contributed by atoms with Crippen molar-refractivity contribution in [2.24, 2.45) is 11.8 Å². The molecule has 1 aliphatic carbocycles. The highest BCUT2D eigenvalue weighted by Crippen LogP contribution is 2.43. The Hall–Kier alpha value is -2.67. The fourth-order valence-electron chi connectivity index (χ4n) is 4.15. The van der Waals surface area contributed by atoms with Crippen LogP contribution in [0.25, 0.3) is 0 Å². The number of pyridine rings is 2. The van der Waals surface area contributed by atoms with Gasteiger partial charge in [0, 0.05) is 43.5 Å². The Bertz CT molecular complexity index is 846. The number of hydrogen-bond donors (Lipinski definition) is 1. The highest BCUT2D eigenvalue weighted by atomic mass is 16.5. The molecule has 2 aromatic rings. The molecular weight excluding hydrogens is 354 g/mol. The molecule has 3 aliphatic rings. The Morgan fingerprint density at radius 1 is 0.964 bits per heavy atom. The van der Waals surface area contributed by atoms with Gasteiger partial charge in [-0.2, -0.15) is 0 Å². The highest BCUT2D eigenvalue weighted by Gasteiger charge is 2.42. The first-order valence-electron chi connectivity index (χ1n) is 10.1. The molecule has 2 aliphatic heterocycles. The fourth-order valence-corrected chi connectivity index (χ4v) is 4.15. The SMILES string of the molecule is O=C1C(C2CC2)CCN1c1ccnc(Nc2ccc(N3CCOCC3)cn2)c1. The molecule has 5 rings (SSSR count). The van der Waals surface area contributed by atoms with E-state index in [-0.39, 0.29) is 11.8 Å². The van der Waals surface area contributed by atoms with E-state index in [2.05, 4.69) is 26.3 Å². The monoisotopic (exact) mass is 379 g/mol. The van der Waals surface area contributed by atoms with Crippen LogP contribution < -0.4 is 15.1 Å². The van der Waals surface area contributed by atoms with E-state index in [0.717, 1.165) is 56.5 Å². The first-order valence-corrected chi connectivity index (χ1v) is 10.1. The van der Waals surface area contributed by atoms with E-state index in [1.807, 2.05) is 29.3 Å². The second-order valence-corrected chi connectivity index (χ2v) is 7.75. The van der Waals surface area contributed by atoms with E-state index in [9.17, 15) is 4.79 Å². The van der Waals surface area contributed by atoms with Gasteiger partial charge in [0.15, 0.2) is 0 Å². The lowest BCUT2D eigenvalue weighted by molar-refractivity contribution is -0.120. The Balaban J connectivity index is 1.27. The van der Waals surface area contributed by atoms with E-state index in [1.165, 1.54) is 12.8 Å². The Labute approximate surface area is 164 Å². The molecule has 0 aromatic carbocycles. The fraction of sp³-hybridized carbons (Fsp3) is 0.476. The minimum Gasteiger partial charge on any atom is -0.378 e. The van der Waals surface area contributed by atoms with Crippen LogP contribution in [0.4, 0.5) is 23.0 Å². The Morgan fingerprint density at radius 2 is 1.82 bits per heavy atom. The summed E-state index contributed by atoms with van der Waals surface area (Å²) >= 11 is 0. The predicted molar refractivity (Wildman–Crippen MR) is 108 cm³/mol. The minimum absolute atomic E-state index is 0.221. The molecule has 146 valence electrons. The van der Waals surface area contributed by atoms with Gasteiger partial charge >= 0.3 is 0 Å². The molecule has 1 saturated carbocycles. The average molecular weight is 379 g/mol. The number of aromatic nitrogens is 2. The topological polar surface area (TPSA) is 70.6 Å². The van der Waals surface area contributed by atoms with E-state index in [4.69, 9.17) is 4.74 Å². The summed E-state index contributed by atoms with van der Waals surface area (Å²) in [4.78, 5) is 25.8. The zero-order chi connectivity index (χ0) is 18.9. The number of amides is 1. The van der Waals surface area contributed by atoms with Gasteiger partial charge in [0.25, 0.3) is 0 Å². The summed E-state index contributed by atoms with van der Waals surface area (Å²) in [6.45, 7) is 4.10. The number of nitrogens with one attached hydrogen (secondary N) is 1. The second kappa shape index (κ2) is 7.39. The van der Waals surface area contributed by atoms with Crippen LogP contribution in [0.5, 0.6) is 0 Å². The molecule has 4 heterocycles. The number of rotatable bonds is 5. The van der Waals surface area contributed by atoms with Gasteiger partial charge in [-0.1, -0.05) is 0 Å². The first-order chi connectivity index (χ1) is 13.8. The molecule has 7 heteroatoms. The van der Waals surface area contributed by atoms with E-state index >= 15 is 0 Å². The zero-order valence-electron chi connectivity index (χ0n) is 15.9. The van der Waals surface area contributed by atoms with Crippen LogP contribution in [-0.2, 0) is 9.53 Å². The summed E-state index contributed by atoms with van der Waals surface area (Å²) in [6, 6.07) is 7.87. The largest absolute Gasteiger partial charge is 0.378 e. The summed E-state index contributed by atoms with van der Waals surface area (Å²) in [6.07, 6.45) is 7.01. The molecule has 1 unspecified atom stereocenters.